The minimum atomic E-state index is -0.118. The van der Waals surface area contributed by atoms with Crippen LogP contribution in [-0.4, -0.2) is 41.4 Å². The van der Waals surface area contributed by atoms with E-state index in [1.54, 1.807) is 48.1 Å². The van der Waals surface area contributed by atoms with Crippen LogP contribution in [0.4, 0.5) is 0 Å². The van der Waals surface area contributed by atoms with E-state index in [9.17, 15) is 4.79 Å². The Labute approximate surface area is 152 Å². The Kier molecular flexibility index (Phi) is 6.47. The largest absolute Gasteiger partial charge is 0.493 e. The number of nitrogens with zero attached hydrogens (tertiary/aromatic N) is 3. The number of rotatable bonds is 7. The zero-order chi connectivity index (χ0) is 18.4. The summed E-state index contributed by atoms with van der Waals surface area (Å²) in [5.41, 5.74) is 1.73. The molecule has 134 valence electrons. The van der Waals surface area contributed by atoms with Crippen molar-refractivity contribution in [1.82, 2.24) is 14.7 Å². The third-order valence-electron chi connectivity index (χ3n) is 3.51. The van der Waals surface area contributed by atoms with Gasteiger partial charge in [-0.2, -0.15) is 5.10 Å². The van der Waals surface area contributed by atoms with Crippen molar-refractivity contribution in [2.45, 2.75) is 13.5 Å². The fourth-order valence-electron chi connectivity index (χ4n) is 2.32. The second-order valence-corrected chi connectivity index (χ2v) is 5.92. The van der Waals surface area contributed by atoms with Gasteiger partial charge in [0.2, 0.25) is 5.91 Å². The van der Waals surface area contributed by atoms with Crippen molar-refractivity contribution in [1.29, 1.82) is 0 Å². The minimum absolute atomic E-state index is 0.118. The third kappa shape index (κ3) is 5.00. The highest BCUT2D eigenvalue weighted by Gasteiger charge is 2.11. The number of likely N-dealkylation sites (N-methyl/N-ethyl adjacent to an activating group) is 1. The molecule has 0 atom stereocenters. The summed E-state index contributed by atoms with van der Waals surface area (Å²) in [5.74, 6) is 0.918. The highest BCUT2D eigenvalue weighted by molar-refractivity contribution is 6.32. The second-order valence-electron chi connectivity index (χ2n) is 5.52. The predicted molar refractivity (Wildman–Crippen MR) is 97.9 cm³/mol. The summed E-state index contributed by atoms with van der Waals surface area (Å²) < 4.78 is 12.5. The number of aromatic nitrogens is 2. The van der Waals surface area contributed by atoms with E-state index < -0.39 is 0 Å². The molecule has 1 amide bonds. The molecular weight excluding hydrogens is 342 g/mol. The van der Waals surface area contributed by atoms with Crippen molar-refractivity contribution in [3.8, 4) is 11.5 Å². The first-order valence-electron chi connectivity index (χ1n) is 7.85. The lowest BCUT2D eigenvalue weighted by Gasteiger charge is -2.14. The summed E-state index contributed by atoms with van der Waals surface area (Å²) >= 11 is 6.24. The van der Waals surface area contributed by atoms with Crippen molar-refractivity contribution in [2.24, 2.45) is 7.05 Å². The quantitative estimate of drug-likeness (QED) is 0.709. The molecule has 1 heterocycles. The Morgan fingerprint density at radius 3 is 2.80 bits per heavy atom. The third-order valence-corrected chi connectivity index (χ3v) is 3.79. The summed E-state index contributed by atoms with van der Waals surface area (Å²) in [5, 5.41) is 4.54. The van der Waals surface area contributed by atoms with Gasteiger partial charge in [-0.25, -0.2) is 0 Å². The van der Waals surface area contributed by atoms with Crippen LogP contribution in [0.2, 0.25) is 5.02 Å². The molecule has 0 saturated carbocycles. The molecule has 0 bridgehead atoms. The lowest BCUT2D eigenvalue weighted by atomic mass is 10.2. The molecule has 0 unspecified atom stereocenters. The maximum absolute atomic E-state index is 12.3. The molecule has 0 spiro atoms. The number of hydrogen-bond acceptors (Lipinski definition) is 4. The van der Waals surface area contributed by atoms with Gasteiger partial charge in [-0.15, -0.1) is 0 Å². The van der Waals surface area contributed by atoms with E-state index >= 15 is 0 Å². The summed E-state index contributed by atoms with van der Waals surface area (Å²) in [6.07, 6.45) is 6.82. The predicted octanol–water partition coefficient (Wildman–Crippen LogP) is 3.15. The van der Waals surface area contributed by atoms with E-state index in [1.165, 1.54) is 6.08 Å². The summed E-state index contributed by atoms with van der Waals surface area (Å²) in [6, 6.07) is 3.52. The molecule has 0 saturated heterocycles. The van der Waals surface area contributed by atoms with Gasteiger partial charge in [-0.05, 0) is 30.7 Å². The average molecular weight is 364 g/mol. The molecule has 7 heteroatoms. The first kappa shape index (κ1) is 18.9. The van der Waals surface area contributed by atoms with Crippen LogP contribution in [0, 0.1) is 0 Å². The SMILES string of the molecule is CCOc1c(Cl)cc(/C=C/C(=O)N(C)Cc2cnn(C)c2)cc1OC. The highest BCUT2D eigenvalue weighted by Crippen LogP contribution is 2.36. The topological polar surface area (TPSA) is 56.6 Å². The summed E-state index contributed by atoms with van der Waals surface area (Å²) in [7, 11) is 5.13. The number of halogens is 1. The maximum atomic E-state index is 12.3. The van der Waals surface area contributed by atoms with Crippen LogP contribution in [0.5, 0.6) is 11.5 Å². The molecule has 0 radical (unpaired) electrons. The van der Waals surface area contributed by atoms with Crippen LogP contribution in [-0.2, 0) is 18.4 Å². The van der Waals surface area contributed by atoms with E-state index in [0.717, 1.165) is 11.1 Å². The molecular formula is C18H22ClN3O3. The molecule has 0 aliphatic carbocycles. The fraction of sp³-hybridized carbons (Fsp3) is 0.333. The lowest BCUT2D eigenvalue weighted by Crippen LogP contribution is -2.23. The van der Waals surface area contributed by atoms with Gasteiger partial charge in [0.15, 0.2) is 11.5 Å². The van der Waals surface area contributed by atoms with Crippen LogP contribution in [0.25, 0.3) is 6.08 Å². The van der Waals surface area contributed by atoms with E-state index in [-0.39, 0.29) is 5.91 Å². The molecule has 1 aromatic carbocycles. The first-order valence-corrected chi connectivity index (χ1v) is 8.23. The molecule has 0 aliphatic heterocycles. The van der Waals surface area contributed by atoms with Crippen molar-refractivity contribution in [3.63, 3.8) is 0 Å². The zero-order valence-corrected chi connectivity index (χ0v) is 15.6. The monoisotopic (exact) mass is 363 g/mol. The molecule has 0 N–H and O–H groups in total. The van der Waals surface area contributed by atoms with Crippen molar-refractivity contribution in [2.75, 3.05) is 20.8 Å². The van der Waals surface area contributed by atoms with Gasteiger partial charge in [0.25, 0.3) is 0 Å². The maximum Gasteiger partial charge on any atom is 0.246 e. The number of carbonyl (C=O) groups excluding carboxylic acids is 1. The standard InChI is InChI=1S/C18H22ClN3O3/c1-5-25-18-15(19)8-13(9-16(18)24-4)6-7-17(23)21(2)11-14-10-20-22(3)12-14/h6-10,12H,5,11H2,1-4H3/b7-6+. The molecule has 6 nitrogen and oxygen atoms in total. The molecule has 0 fully saturated rings. The first-order chi connectivity index (χ1) is 11.9. The van der Waals surface area contributed by atoms with Gasteiger partial charge in [0, 0.05) is 38.5 Å². The number of carbonyl (C=O) groups is 1. The smallest absolute Gasteiger partial charge is 0.246 e. The lowest BCUT2D eigenvalue weighted by molar-refractivity contribution is -0.125. The molecule has 1 aromatic heterocycles. The van der Waals surface area contributed by atoms with E-state index in [4.69, 9.17) is 21.1 Å². The summed E-state index contributed by atoms with van der Waals surface area (Å²) in [4.78, 5) is 13.9. The van der Waals surface area contributed by atoms with Crippen molar-refractivity contribution >= 4 is 23.6 Å². The Bertz CT molecular complexity index is 771. The number of ether oxygens (including phenoxy) is 2. The normalized spacial score (nSPS) is 10.9. The van der Waals surface area contributed by atoms with Gasteiger partial charge in [0.05, 0.1) is 24.9 Å². The van der Waals surface area contributed by atoms with Gasteiger partial charge in [0.1, 0.15) is 0 Å². The van der Waals surface area contributed by atoms with E-state index in [1.807, 2.05) is 20.2 Å². The molecule has 2 aromatic rings. The fourth-order valence-corrected chi connectivity index (χ4v) is 2.59. The van der Waals surface area contributed by atoms with Crippen molar-refractivity contribution in [3.05, 3.63) is 46.8 Å². The van der Waals surface area contributed by atoms with Gasteiger partial charge >= 0.3 is 0 Å². The van der Waals surface area contributed by atoms with Crippen LogP contribution in [0.15, 0.2) is 30.6 Å². The van der Waals surface area contributed by atoms with Crippen LogP contribution >= 0.6 is 11.6 Å². The Morgan fingerprint density at radius 2 is 2.20 bits per heavy atom. The van der Waals surface area contributed by atoms with Crippen LogP contribution in [0.1, 0.15) is 18.1 Å². The molecule has 0 aliphatic rings. The Morgan fingerprint density at radius 1 is 1.44 bits per heavy atom. The average Bonchev–Trinajstić information content (AvgIpc) is 2.99. The van der Waals surface area contributed by atoms with Gasteiger partial charge < -0.3 is 14.4 Å². The highest BCUT2D eigenvalue weighted by atomic mass is 35.5. The Balaban J connectivity index is 2.09. The minimum Gasteiger partial charge on any atom is -0.493 e. The van der Waals surface area contributed by atoms with Crippen LogP contribution in [0.3, 0.4) is 0 Å². The zero-order valence-electron chi connectivity index (χ0n) is 14.8. The number of methoxy groups -OCH3 is 1. The Hall–Kier alpha value is -2.47. The number of hydrogen-bond donors (Lipinski definition) is 0. The van der Waals surface area contributed by atoms with E-state index in [0.29, 0.717) is 29.7 Å². The number of aryl methyl sites for hydroxylation is 1. The summed E-state index contributed by atoms with van der Waals surface area (Å²) in [6.45, 7) is 2.85. The molecule has 2 rings (SSSR count). The number of benzene rings is 1. The van der Waals surface area contributed by atoms with Gasteiger partial charge in [-0.1, -0.05) is 11.6 Å². The second kappa shape index (κ2) is 8.58. The number of amides is 1. The van der Waals surface area contributed by atoms with E-state index in [2.05, 4.69) is 5.10 Å². The van der Waals surface area contributed by atoms with Crippen molar-refractivity contribution < 1.29 is 14.3 Å². The molecule has 25 heavy (non-hydrogen) atoms. The van der Waals surface area contributed by atoms with Crippen LogP contribution < -0.4 is 9.47 Å². The van der Waals surface area contributed by atoms with Gasteiger partial charge in [-0.3, -0.25) is 9.48 Å².